The van der Waals surface area contributed by atoms with Gasteiger partial charge in [-0.15, -0.1) is 0 Å². The first-order valence-electron chi connectivity index (χ1n) is 7.98. The van der Waals surface area contributed by atoms with Gasteiger partial charge in [-0.2, -0.15) is 5.10 Å². The molecule has 0 saturated carbocycles. The summed E-state index contributed by atoms with van der Waals surface area (Å²) in [6.45, 7) is 6.18. The predicted octanol–water partition coefficient (Wildman–Crippen LogP) is 2.47. The van der Waals surface area contributed by atoms with Crippen LogP contribution in [0.15, 0.2) is 35.1 Å². The summed E-state index contributed by atoms with van der Waals surface area (Å²) in [6, 6.07) is 7.10. The lowest BCUT2D eigenvalue weighted by Gasteiger charge is -2.15. The number of fused-ring (bicyclic) bond motifs is 1. The van der Waals surface area contributed by atoms with E-state index in [9.17, 15) is 14.0 Å². The van der Waals surface area contributed by atoms with E-state index in [0.29, 0.717) is 17.4 Å². The van der Waals surface area contributed by atoms with Crippen LogP contribution in [-0.4, -0.2) is 27.2 Å². The number of hydrogen-bond acceptors (Lipinski definition) is 3. The molecule has 1 atom stereocenters. The van der Waals surface area contributed by atoms with Gasteiger partial charge in [0.2, 0.25) is 5.56 Å². The van der Waals surface area contributed by atoms with Crippen molar-refractivity contribution in [2.24, 2.45) is 0 Å². The van der Waals surface area contributed by atoms with E-state index in [-0.39, 0.29) is 17.5 Å². The molecule has 6 nitrogen and oxygen atoms in total. The minimum Gasteiger partial charge on any atom is -0.350 e. The fourth-order valence-corrected chi connectivity index (χ4v) is 2.93. The van der Waals surface area contributed by atoms with Crippen LogP contribution in [0, 0.1) is 19.7 Å². The van der Waals surface area contributed by atoms with E-state index in [1.165, 1.54) is 24.3 Å². The third kappa shape index (κ3) is 3.45. The molecule has 130 valence electrons. The molecular weight excluding hydrogens is 323 g/mol. The van der Waals surface area contributed by atoms with E-state index in [1.807, 2.05) is 31.5 Å². The Kier molecular flexibility index (Phi) is 4.39. The highest BCUT2D eigenvalue weighted by atomic mass is 19.1. The minimum atomic E-state index is -0.473. The molecule has 0 radical (unpaired) electrons. The molecule has 2 N–H and O–H groups in total. The normalized spacial score (nSPS) is 12.3. The fraction of sp³-hybridized carbons (Fsp3) is 0.278. The maximum Gasteiger partial charge on any atom is 0.252 e. The van der Waals surface area contributed by atoms with Crippen molar-refractivity contribution in [3.05, 3.63) is 63.5 Å². The summed E-state index contributed by atoms with van der Waals surface area (Å²) in [7, 11) is 0. The number of pyridine rings is 1. The van der Waals surface area contributed by atoms with Crippen molar-refractivity contribution in [3.8, 4) is 0 Å². The lowest BCUT2D eigenvalue weighted by molar-refractivity contribution is 0.0949. The number of aromatic nitrogens is 3. The van der Waals surface area contributed by atoms with E-state index in [4.69, 9.17) is 0 Å². The van der Waals surface area contributed by atoms with Crippen LogP contribution in [0.1, 0.15) is 34.7 Å². The van der Waals surface area contributed by atoms with Crippen molar-refractivity contribution in [1.29, 1.82) is 0 Å². The van der Waals surface area contributed by atoms with Gasteiger partial charge in [-0.3, -0.25) is 14.3 Å². The van der Waals surface area contributed by atoms with Gasteiger partial charge >= 0.3 is 0 Å². The maximum absolute atomic E-state index is 13.4. The van der Waals surface area contributed by atoms with Crippen molar-refractivity contribution in [2.75, 3.05) is 6.54 Å². The highest BCUT2D eigenvalue weighted by molar-refractivity contribution is 6.05. The molecule has 3 rings (SSSR count). The number of carbonyl (C=O) groups excluding carboxylic acids is 1. The van der Waals surface area contributed by atoms with Crippen LogP contribution in [0.2, 0.25) is 0 Å². The number of halogens is 1. The molecule has 0 unspecified atom stereocenters. The van der Waals surface area contributed by atoms with E-state index in [1.54, 1.807) is 0 Å². The van der Waals surface area contributed by atoms with Gasteiger partial charge < -0.3 is 10.3 Å². The molecule has 25 heavy (non-hydrogen) atoms. The van der Waals surface area contributed by atoms with Crippen LogP contribution in [0.4, 0.5) is 4.39 Å². The Morgan fingerprint density at radius 3 is 2.76 bits per heavy atom. The zero-order valence-electron chi connectivity index (χ0n) is 14.3. The number of carbonyl (C=O) groups is 1. The predicted molar refractivity (Wildman–Crippen MR) is 93.3 cm³/mol. The Morgan fingerprint density at radius 2 is 2.08 bits per heavy atom. The van der Waals surface area contributed by atoms with Crippen LogP contribution < -0.4 is 10.9 Å². The molecule has 2 aromatic heterocycles. The third-order valence-corrected chi connectivity index (χ3v) is 4.07. The number of H-pyrrole nitrogens is 1. The number of amides is 1. The van der Waals surface area contributed by atoms with E-state index < -0.39 is 11.4 Å². The molecule has 0 aliphatic rings. The van der Waals surface area contributed by atoms with Gasteiger partial charge in [-0.05, 0) is 45.0 Å². The highest BCUT2D eigenvalue weighted by Gasteiger charge is 2.15. The van der Waals surface area contributed by atoms with E-state index in [2.05, 4.69) is 15.4 Å². The molecule has 0 spiro atoms. The SMILES string of the molecule is Cc1cc(C)n([C@@H](C)CNC(=O)c2cc(=O)[nH]c3cc(F)ccc23)n1. The van der Waals surface area contributed by atoms with Crippen LogP contribution in [0.25, 0.3) is 10.9 Å². The van der Waals surface area contributed by atoms with Crippen LogP contribution in [0.5, 0.6) is 0 Å². The van der Waals surface area contributed by atoms with Gasteiger partial charge in [0, 0.05) is 23.7 Å². The maximum atomic E-state index is 13.4. The van der Waals surface area contributed by atoms with Gasteiger partial charge in [-0.1, -0.05) is 0 Å². The molecule has 3 aromatic rings. The van der Waals surface area contributed by atoms with Gasteiger partial charge in [0.1, 0.15) is 5.82 Å². The van der Waals surface area contributed by atoms with E-state index in [0.717, 1.165) is 11.4 Å². The summed E-state index contributed by atoms with van der Waals surface area (Å²) in [5.41, 5.74) is 1.99. The standard InChI is InChI=1S/C18H19FN4O2/c1-10-6-11(2)23(22-10)12(3)9-20-18(25)15-8-17(24)21-16-7-13(19)4-5-14(15)16/h4-8,12H,9H2,1-3H3,(H,20,25)(H,21,24)/t12-/m0/s1. The van der Waals surface area contributed by atoms with Crippen molar-refractivity contribution in [2.45, 2.75) is 26.8 Å². The van der Waals surface area contributed by atoms with E-state index >= 15 is 0 Å². The Balaban J connectivity index is 1.83. The first kappa shape index (κ1) is 16.9. The van der Waals surface area contributed by atoms with Crippen molar-refractivity contribution < 1.29 is 9.18 Å². The number of benzene rings is 1. The zero-order chi connectivity index (χ0) is 18.1. The largest absolute Gasteiger partial charge is 0.350 e. The lowest BCUT2D eigenvalue weighted by Crippen LogP contribution is -2.31. The molecule has 0 bridgehead atoms. The second-order valence-electron chi connectivity index (χ2n) is 6.17. The number of aryl methyl sites for hydroxylation is 2. The first-order valence-corrected chi connectivity index (χ1v) is 7.98. The molecule has 0 saturated heterocycles. The Bertz CT molecular complexity index is 1010. The second-order valence-corrected chi connectivity index (χ2v) is 6.17. The average molecular weight is 342 g/mol. The van der Waals surface area contributed by atoms with Gasteiger partial charge in [-0.25, -0.2) is 4.39 Å². The highest BCUT2D eigenvalue weighted by Crippen LogP contribution is 2.17. The second kappa shape index (κ2) is 6.51. The molecule has 7 heteroatoms. The molecule has 0 aliphatic heterocycles. The van der Waals surface area contributed by atoms with Gasteiger partial charge in [0.25, 0.3) is 5.91 Å². The van der Waals surface area contributed by atoms with Crippen LogP contribution in [0.3, 0.4) is 0 Å². The van der Waals surface area contributed by atoms with Crippen molar-refractivity contribution >= 4 is 16.8 Å². The quantitative estimate of drug-likeness (QED) is 0.764. The number of aromatic amines is 1. The van der Waals surface area contributed by atoms with Crippen molar-refractivity contribution in [3.63, 3.8) is 0 Å². The number of rotatable bonds is 4. The number of nitrogens with one attached hydrogen (secondary N) is 2. The third-order valence-electron chi connectivity index (χ3n) is 4.07. The Labute approximate surface area is 143 Å². The van der Waals surface area contributed by atoms with Crippen molar-refractivity contribution in [1.82, 2.24) is 20.1 Å². The number of nitrogens with zero attached hydrogens (tertiary/aromatic N) is 2. The molecule has 2 heterocycles. The van der Waals surface area contributed by atoms with Gasteiger partial charge in [0.05, 0.1) is 22.8 Å². The Morgan fingerprint density at radius 1 is 1.32 bits per heavy atom. The first-order chi connectivity index (χ1) is 11.8. The number of hydrogen-bond donors (Lipinski definition) is 2. The smallest absolute Gasteiger partial charge is 0.252 e. The summed E-state index contributed by atoms with van der Waals surface area (Å²) in [6.07, 6.45) is 0. The summed E-state index contributed by atoms with van der Waals surface area (Å²) in [4.78, 5) is 26.8. The average Bonchev–Trinajstić information content (AvgIpc) is 2.89. The minimum absolute atomic E-state index is 0.0386. The lowest BCUT2D eigenvalue weighted by atomic mass is 10.1. The molecule has 1 aromatic carbocycles. The monoisotopic (exact) mass is 342 g/mol. The fourth-order valence-electron chi connectivity index (χ4n) is 2.93. The molecule has 0 fully saturated rings. The van der Waals surface area contributed by atoms with Crippen LogP contribution >= 0.6 is 0 Å². The topological polar surface area (TPSA) is 79.8 Å². The summed E-state index contributed by atoms with van der Waals surface area (Å²) in [5.74, 6) is -0.852. The molecular formula is C18H19FN4O2. The molecule has 1 amide bonds. The molecule has 0 aliphatic carbocycles. The van der Waals surface area contributed by atoms with Crippen LogP contribution in [-0.2, 0) is 0 Å². The Hall–Kier alpha value is -2.96. The zero-order valence-corrected chi connectivity index (χ0v) is 14.3. The summed E-state index contributed by atoms with van der Waals surface area (Å²) >= 11 is 0. The summed E-state index contributed by atoms with van der Waals surface area (Å²) < 4.78 is 15.2. The summed E-state index contributed by atoms with van der Waals surface area (Å²) in [5, 5.41) is 7.72. The van der Waals surface area contributed by atoms with Gasteiger partial charge in [0.15, 0.2) is 0 Å².